The first-order valence-corrected chi connectivity index (χ1v) is 9.77. The van der Waals surface area contributed by atoms with Gasteiger partial charge in [0.1, 0.15) is 7.05 Å². The van der Waals surface area contributed by atoms with Crippen molar-refractivity contribution in [3.05, 3.63) is 30.1 Å². The second-order valence-corrected chi connectivity index (χ2v) is 6.87. The van der Waals surface area contributed by atoms with E-state index in [0.717, 1.165) is 0 Å². The zero-order valence-corrected chi connectivity index (χ0v) is 15.2. The first-order valence-electron chi connectivity index (χ1n) is 9.77. The van der Waals surface area contributed by atoms with Crippen LogP contribution in [0, 0.1) is 0 Å². The fourth-order valence-electron chi connectivity index (χ4n) is 3.14. The van der Waals surface area contributed by atoms with Crippen LogP contribution in [0.2, 0.25) is 0 Å². The molecule has 1 heteroatoms. The SMILES string of the molecule is CCCCCCCCCCCCCCCc1ccc[n+](C)c1. The molecule has 0 N–H and O–H groups in total. The maximum Gasteiger partial charge on any atom is 0.171 e. The van der Waals surface area contributed by atoms with Crippen LogP contribution in [0.25, 0.3) is 0 Å². The van der Waals surface area contributed by atoms with Crippen molar-refractivity contribution < 1.29 is 4.57 Å². The zero-order chi connectivity index (χ0) is 15.9. The highest BCUT2D eigenvalue weighted by Gasteiger charge is 1.98. The van der Waals surface area contributed by atoms with Gasteiger partial charge in [0.2, 0.25) is 0 Å². The lowest BCUT2D eigenvalue weighted by Crippen LogP contribution is -2.26. The predicted molar refractivity (Wildman–Crippen MR) is 97.0 cm³/mol. The Morgan fingerprint density at radius 1 is 0.727 bits per heavy atom. The van der Waals surface area contributed by atoms with Gasteiger partial charge >= 0.3 is 0 Å². The third-order valence-corrected chi connectivity index (χ3v) is 4.57. The highest BCUT2D eigenvalue weighted by atomic mass is 14.9. The third kappa shape index (κ3) is 10.8. The first kappa shape index (κ1) is 19.2. The standard InChI is InChI=1S/C21H38N/c1-3-4-5-6-7-8-9-10-11-12-13-14-15-17-21-18-16-19-22(2)20-21/h16,18-20H,3-15,17H2,1-2H3/q+1. The van der Waals surface area contributed by atoms with Crippen molar-refractivity contribution in [3.63, 3.8) is 0 Å². The summed E-state index contributed by atoms with van der Waals surface area (Å²) in [4.78, 5) is 0. The molecule has 0 spiro atoms. The summed E-state index contributed by atoms with van der Waals surface area (Å²) >= 11 is 0. The van der Waals surface area contributed by atoms with E-state index in [1.807, 2.05) is 0 Å². The number of aryl methyl sites for hydroxylation is 2. The molecule has 0 aromatic carbocycles. The minimum atomic E-state index is 1.24. The van der Waals surface area contributed by atoms with Crippen molar-refractivity contribution in [3.8, 4) is 0 Å². The molecule has 22 heavy (non-hydrogen) atoms. The molecular formula is C21H38N+. The summed E-state index contributed by atoms with van der Waals surface area (Å²) < 4.78 is 2.15. The first-order chi connectivity index (χ1) is 10.8. The van der Waals surface area contributed by atoms with Crippen LogP contribution in [0.15, 0.2) is 24.5 Å². The van der Waals surface area contributed by atoms with Crippen LogP contribution in [0.5, 0.6) is 0 Å². The lowest BCUT2D eigenvalue weighted by atomic mass is 10.0. The van der Waals surface area contributed by atoms with Crippen LogP contribution in [0.3, 0.4) is 0 Å². The van der Waals surface area contributed by atoms with Crippen molar-refractivity contribution in [1.29, 1.82) is 0 Å². The number of pyridine rings is 1. The molecule has 0 unspecified atom stereocenters. The van der Waals surface area contributed by atoms with Gasteiger partial charge in [-0.25, -0.2) is 4.57 Å². The average Bonchev–Trinajstić information content (AvgIpc) is 2.52. The van der Waals surface area contributed by atoms with E-state index in [0.29, 0.717) is 0 Å². The Balaban J connectivity index is 1.80. The Hall–Kier alpha value is -0.850. The van der Waals surface area contributed by atoms with E-state index in [1.165, 1.54) is 95.5 Å². The summed E-state index contributed by atoms with van der Waals surface area (Å²) in [5, 5.41) is 0. The molecule has 1 aromatic rings. The fraction of sp³-hybridized carbons (Fsp3) is 0.762. The van der Waals surface area contributed by atoms with Gasteiger partial charge in [-0.15, -0.1) is 0 Å². The smallest absolute Gasteiger partial charge is 0.171 e. The summed E-state index contributed by atoms with van der Waals surface area (Å²) in [6.07, 6.45) is 24.2. The Morgan fingerprint density at radius 2 is 1.23 bits per heavy atom. The number of unbranched alkanes of at least 4 members (excludes halogenated alkanes) is 12. The molecule has 1 aromatic heterocycles. The molecule has 0 saturated heterocycles. The number of aromatic nitrogens is 1. The Labute approximate surface area is 139 Å². The maximum absolute atomic E-state index is 2.29. The van der Waals surface area contributed by atoms with E-state index >= 15 is 0 Å². The van der Waals surface area contributed by atoms with Crippen molar-refractivity contribution in [2.24, 2.45) is 7.05 Å². The van der Waals surface area contributed by atoms with Crippen molar-refractivity contribution in [1.82, 2.24) is 0 Å². The van der Waals surface area contributed by atoms with Gasteiger partial charge in [-0.3, -0.25) is 0 Å². The highest BCUT2D eigenvalue weighted by Crippen LogP contribution is 2.13. The molecule has 0 atom stereocenters. The minimum Gasteiger partial charge on any atom is -0.208 e. The summed E-state index contributed by atoms with van der Waals surface area (Å²) in [7, 11) is 2.10. The Bertz CT molecular complexity index is 359. The number of nitrogens with zero attached hydrogens (tertiary/aromatic N) is 1. The minimum absolute atomic E-state index is 1.24. The predicted octanol–water partition coefficient (Wildman–Crippen LogP) is 6.14. The van der Waals surface area contributed by atoms with Gasteiger partial charge in [-0.1, -0.05) is 84.0 Å². The molecule has 126 valence electrons. The lowest BCUT2D eigenvalue weighted by Gasteiger charge is -2.03. The summed E-state index contributed by atoms with van der Waals surface area (Å²) in [5.74, 6) is 0. The van der Waals surface area contributed by atoms with Crippen molar-refractivity contribution in [2.45, 2.75) is 96.8 Å². The summed E-state index contributed by atoms with van der Waals surface area (Å²) in [6, 6.07) is 4.40. The molecule has 0 aliphatic rings. The topological polar surface area (TPSA) is 3.88 Å². The number of hydrogen-bond acceptors (Lipinski definition) is 0. The van der Waals surface area contributed by atoms with E-state index in [4.69, 9.17) is 0 Å². The molecule has 0 saturated carbocycles. The Kier molecular flexibility index (Phi) is 12.0. The maximum atomic E-state index is 2.29. The highest BCUT2D eigenvalue weighted by molar-refractivity contribution is 5.05. The molecule has 1 rings (SSSR count). The Morgan fingerprint density at radius 3 is 1.73 bits per heavy atom. The average molecular weight is 305 g/mol. The summed E-state index contributed by atoms with van der Waals surface area (Å²) in [5.41, 5.74) is 1.48. The molecule has 0 amide bonds. The second-order valence-electron chi connectivity index (χ2n) is 6.87. The van der Waals surface area contributed by atoms with Gasteiger partial charge < -0.3 is 0 Å². The molecule has 0 aliphatic carbocycles. The lowest BCUT2D eigenvalue weighted by molar-refractivity contribution is -0.671. The van der Waals surface area contributed by atoms with Crippen molar-refractivity contribution >= 4 is 0 Å². The monoisotopic (exact) mass is 304 g/mol. The van der Waals surface area contributed by atoms with Crippen LogP contribution in [-0.2, 0) is 13.5 Å². The van der Waals surface area contributed by atoms with E-state index < -0.39 is 0 Å². The van der Waals surface area contributed by atoms with Crippen LogP contribution >= 0.6 is 0 Å². The van der Waals surface area contributed by atoms with Gasteiger partial charge in [0, 0.05) is 11.6 Å². The van der Waals surface area contributed by atoms with Crippen LogP contribution < -0.4 is 4.57 Å². The van der Waals surface area contributed by atoms with E-state index in [9.17, 15) is 0 Å². The van der Waals surface area contributed by atoms with Gasteiger partial charge in [0.15, 0.2) is 12.4 Å². The molecule has 0 bridgehead atoms. The number of rotatable bonds is 14. The fourth-order valence-corrected chi connectivity index (χ4v) is 3.14. The molecule has 1 nitrogen and oxygen atoms in total. The van der Waals surface area contributed by atoms with Gasteiger partial charge in [-0.2, -0.15) is 0 Å². The molecule has 0 fully saturated rings. The van der Waals surface area contributed by atoms with Gasteiger partial charge in [0.25, 0.3) is 0 Å². The molecule has 0 aliphatic heterocycles. The van der Waals surface area contributed by atoms with Crippen LogP contribution in [0.4, 0.5) is 0 Å². The third-order valence-electron chi connectivity index (χ3n) is 4.57. The molecule has 0 radical (unpaired) electrons. The quantitative estimate of drug-likeness (QED) is 0.287. The second kappa shape index (κ2) is 13.8. The zero-order valence-electron chi connectivity index (χ0n) is 15.2. The summed E-state index contributed by atoms with van der Waals surface area (Å²) in [6.45, 7) is 2.29. The van der Waals surface area contributed by atoms with E-state index in [-0.39, 0.29) is 0 Å². The van der Waals surface area contributed by atoms with Crippen LogP contribution in [0.1, 0.15) is 96.0 Å². The number of hydrogen-bond donors (Lipinski definition) is 0. The van der Waals surface area contributed by atoms with Gasteiger partial charge in [0.05, 0.1) is 0 Å². The van der Waals surface area contributed by atoms with E-state index in [1.54, 1.807) is 0 Å². The largest absolute Gasteiger partial charge is 0.208 e. The molecule has 1 heterocycles. The molecular weight excluding hydrogens is 266 g/mol. The van der Waals surface area contributed by atoms with Crippen LogP contribution in [-0.4, -0.2) is 0 Å². The van der Waals surface area contributed by atoms with Crippen molar-refractivity contribution in [2.75, 3.05) is 0 Å². The van der Waals surface area contributed by atoms with E-state index in [2.05, 4.69) is 43.1 Å². The van der Waals surface area contributed by atoms with Gasteiger partial charge in [-0.05, 0) is 18.9 Å². The normalized spacial score (nSPS) is 11.0.